The summed E-state index contributed by atoms with van der Waals surface area (Å²) in [4.78, 5) is 21.7. The molecule has 0 aliphatic rings. The highest BCUT2D eigenvalue weighted by molar-refractivity contribution is 7.15. The average molecular weight is 364 g/mol. The smallest absolute Gasteiger partial charge is 0.291 e. The van der Waals surface area contributed by atoms with Crippen molar-refractivity contribution in [3.63, 3.8) is 0 Å². The minimum Gasteiger partial charge on any atom is -0.493 e. The summed E-state index contributed by atoms with van der Waals surface area (Å²) in [6.07, 6.45) is 6.11. The maximum Gasteiger partial charge on any atom is 0.291 e. The Morgan fingerprint density at radius 3 is 2.77 bits per heavy atom. The van der Waals surface area contributed by atoms with Gasteiger partial charge in [0.2, 0.25) is 4.96 Å². The number of nitrogens with zero attached hydrogens (tertiary/aromatic N) is 4. The van der Waals surface area contributed by atoms with Gasteiger partial charge in [-0.15, -0.1) is 5.10 Å². The third-order valence-corrected chi connectivity index (χ3v) is 4.75. The van der Waals surface area contributed by atoms with Gasteiger partial charge in [0.1, 0.15) is 5.75 Å². The highest BCUT2D eigenvalue weighted by Crippen LogP contribution is 2.19. The van der Waals surface area contributed by atoms with E-state index in [2.05, 4.69) is 22.0 Å². The lowest BCUT2D eigenvalue weighted by atomic mass is 10.2. The lowest BCUT2D eigenvalue weighted by Crippen LogP contribution is -2.23. The molecule has 130 valence electrons. The van der Waals surface area contributed by atoms with Crippen LogP contribution in [0.5, 0.6) is 5.75 Å². The van der Waals surface area contributed by atoms with E-state index < -0.39 is 0 Å². The number of benzene rings is 1. The van der Waals surface area contributed by atoms with E-state index in [9.17, 15) is 4.79 Å². The maximum absolute atomic E-state index is 12.7. The van der Waals surface area contributed by atoms with Crippen molar-refractivity contribution in [2.75, 3.05) is 6.61 Å². The van der Waals surface area contributed by atoms with Crippen LogP contribution < -0.4 is 14.8 Å². The van der Waals surface area contributed by atoms with Gasteiger partial charge in [0.25, 0.3) is 5.56 Å². The molecule has 0 fully saturated rings. The molecule has 0 aliphatic heterocycles. The minimum atomic E-state index is -0.178. The number of para-hydroxylation sites is 1. The summed E-state index contributed by atoms with van der Waals surface area (Å²) in [5, 5.41) is 4.34. The summed E-state index contributed by atoms with van der Waals surface area (Å²) in [5.41, 5.74) is 1.53. The Balaban J connectivity index is 1.77. The Hall–Kier alpha value is -3.06. The number of rotatable bonds is 5. The second kappa shape index (κ2) is 7.05. The van der Waals surface area contributed by atoms with Crippen LogP contribution in [0.15, 0.2) is 53.6 Å². The van der Waals surface area contributed by atoms with Gasteiger partial charge >= 0.3 is 0 Å². The topological polar surface area (TPSA) is 69.4 Å². The Bertz CT molecular complexity index is 1150. The van der Waals surface area contributed by atoms with E-state index in [1.54, 1.807) is 12.4 Å². The van der Waals surface area contributed by atoms with E-state index in [1.165, 1.54) is 15.9 Å². The van der Waals surface area contributed by atoms with Crippen LogP contribution >= 0.6 is 11.3 Å². The van der Waals surface area contributed by atoms with E-state index in [1.807, 2.05) is 42.5 Å². The largest absolute Gasteiger partial charge is 0.493 e. The standard InChI is InChI=1S/C19H16N4O2S/c1-2-11-25-15-6-4-3-5-14(15)12-16-18(24)23-19(26-16)21-17(22-23)13-7-9-20-10-8-13/h3-10,12H,2,11H2,1H3. The molecular formula is C19H16N4O2S. The Morgan fingerprint density at radius 1 is 1.19 bits per heavy atom. The predicted octanol–water partition coefficient (Wildman–Crippen LogP) is 2.55. The molecule has 26 heavy (non-hydrogen) atoms. The first-order valence-corrected chi connectivity index (χ1v) is 9.11. The van der Waals surface area contributed by atoms with Gasteiger partial charge in [-0.1, -0.05) is 36.5 Å². The number of fused-ring (bicyclic) bond motifs is 1. The van der Waals surface area contributed by atoms with Crippen LogP contribution in [0.2, 0.25) is 0 Å². The Labute approximate surface area is 153 Å². The summed E-state index contributed by atoms with van der Waals surface area (Å²) in [6.45, 7) is 2.70. The minimum absolute atomic E-state index is 0.178. The normalized spacial score (nSPS) is 12.0. The molecule has 4 aromatic rings. The van der Waals surface area contributed by atoms with Crippen molar-refractivity contribution in [2.45, 2.75) is 13.3 Å². The van der Waals surface area contributed by atoms with Gasteiger partial charge in [0.05, 0.1) is 11.1 Å². The first kappa shape index (κ1) is 16.4. The van der Waals surface area contributed by atoms with Crippen molar-refractivity contribution in [2.24, 2.45) is 0 Å². The summed E-state index contributed by atoms with van der Waals surface area (Å²) in [6, 6.07) is 11.3. The predicted molar refractivity (Wildman–Crippen MR) is 101 cm³/mol. The number of ether oxygens (including phenoxy) is 1. The summed E-state index contributed by atoms with van der Waals surface area (Å²) in [7, 11) is 0. The molecule has 0 unspecified atom stereocenters. The van der Waals surface area contributed by atoms with Gasteiger partial charge in [0, 0.05) is 23.5 Å². The Kier molecular flexibility index (Phi) is 4.45. The van der Waals surface area contributed by atoms with Gasteiger partial charge in [0.15, 0.2) is 5.82 Å². The molecule has 3 heterocycles. The molecule has 0 radical (unpaired) electrons. The molecule has 0 saturated carbocycles. The number of hydrogen-bond acceptors (Lipinski definition) is 6. The van der Waals surface area contributed by atoms with Crippen molar-refractivity contribution in [1.82, 2.24) is 19.6 Å². The molecule has 6 nitrogen and oxygen atoms in total. The maximum atomic E-state index is 12.7. The second-order valence-electron chi connectivity index (χ2n) is 5.67. The van der Waals surface area contributed by atoms with E-state index in [-0.39, 0.29) is 5.56 Å². The molecule has 0 spiro atoms. The van der Waals surface area contributed by atoms with Gasteiger partial charge in [-0.05, 0) is 30.7 Å². The van der Waals surface area contributed by atoms with Gasteiger partial charge in [-0.25, -0.2) is 0 Å². The molecule has 7 heteroatoms. The molecule has 0 aliphatic carbocycles. The fourth-order valence-electron chi connectivity index (χ4n) is 2.54. The lowest BCUT2D eigenvalue weighted by Gasteiger charge is -2.07. The van der Waals surface area contributed by atoms with E-state index >= 15 is 0 Å². The second-order valence-corrected chi connectivity index (χ2v) is 6.68. The summed E-state index contributed by atoms with van der Waals surface area (Å²) >= 11 is 1.32. The van der Waals surface area contributed by atoms with Gasteiger partial charge in [-0.2, -0.15) is 9.50 Å². The van der Waals surface area contributed by atoms with Crippen LogP contribution in [-0.4, -0.2) is 26.2 Å². The van der Waals surface area contributed by atoms with Crippen molar-refractivity contribution in [3.8, 4) is 17.1 Å². The lowest BCUT2D eigenvalue weighted by molar-refractivity contribution is 0.317. The van der Waals surface area contributed by atoms with E-state index in [0.717, 1.165) is 23.3 Å². The highest BCUT2D eigenvalue weighted by Gasteiger charge is 2.12. The zero-order chi connectivity index (χ0) is 17.9. The van der Waals surface area contributed by atoms with Crippen LogP contribution in [0.3, 0.4) is 0 Å². The highest BCUT2D eigenvalue weighted by atomic mass is 32.1. The summed E-state index contributed by atoms with van der Waals surface area (Å²) in [5.74, 6) is 1.29. The Morgan fingerprint density at radius 2 is 2.00 bits per heavy atom. The third-order valence-electron chi connectivity index (χ3n) is 3.79. The average Bonchev–Trinajstić information content (AvgIpc) is 3.22. The number of pyridine rings is 1. The van der Waals surface area contributed by atoms with Crippen LogP contribution in [0.25, 0.3) is 22.4 Å². The molecule has 4 rings (SSSR count). The number of hydrogen-bond donors (Lipinski definition) is 0. The molecule has 0 amide bonds. The van der Waals surface area contributed by atoms with Crippen LogP contribution in [-0.2, 0) is 0 Å². The molecule has 0 bridgehead atoms. The third kappa shape index (κ3) is 3.09. The number of thiazole rings is 1. The first-order valence-electron chi connectivity index (χ1n) is 8.30. The molecular weight excluding hydrogens is 348 g/mol. The van der Waals surface area contributed by atoms with Crippen molar-refractivity contribution in [3.05, 3.63) is 69.2 Å². The first-order chi connectivity index (χ1) is 12.8. The van der Waals surface area contributed by atoms with Crippen LogP contribution in [0.4, 0.5) is 0 Å². The van der Waals surface area contributed by atoms with Gasteiger partial charge in [-0.3, -0.25) is 9.78 Å². The fraction of sp³-hybridized carbons (Fsp3) is 0.158. The van der Waals surface area contributed by atoms with E-state index in [0.29, 0.717) is 21.9 Å². The molecule has 3 aromatic heterocycles. The van der Waals surface area contributed by atoms with E-state index in [4.69, 9.17) is 4.74 Å². The van der Waals surface area contributed by atoms with Crippen molar-refractivity contribution < 1.29 is 4.74 Å². The molecule has 0 N–H and O–H groups in total. The zero-order valence-electron chi connectivity index (χ0n) is 14.1. The van der Waals surface area contributed by atoms with Crippen LogP contribution in [0, 0.1) is 0 Å². The number of aromatic nitrogens is 4. The molecule has 1 aromatic carbocycles. The SMILES string of the molecule is CCCOc1ccccc1C=c1sc2nc(-c3ccncc3)nn2c1=O. The quantitative estimate of drug-likeness (QED) is 0.544. The van der Waals surface area contributed by atoms with Gasteiger partial charge < -0.3 is 4.74 Å². The molecule has 0 atom stereocenters. The molecule has 0 saturated heterocycles. The summed E-state index contributed by atoms with van der Waals surface area (Å²) < 4.78 is 7.68. The van der Waals surface area contributed by atoms with Crippen molar-refractivity contribution >= 4 is 22.4 Å². The fourth-order valence-corrected chi connectivity index (χ4v) is 3.44. The van der Waals surface area contributed by atoms with Crippen molar-refractivity contribution in [1.29, 1.82) is 0 Å². The zero-order valence-corrected chi connectivity index (χ0v) is 14.9. The monoisotopic (exact) mass is 364 g/mol. The van der Waals surface area contributed by atoms with Crippen LogP contribution in [0.1, 0.15) is 18.9 Å².